The van der Waals surface area contributed by atoms with Crippen LogP contribution < -0.4 is 4.90 Å². The van der Waals surface area contributed by atoms with Crippen LogP contribution in [0.2, 0.25) is 0 Å². The molecule has 0 aliphatic carbocycles. The van der Waals surface area contributed by atoms with Crippen LogP contribution in [0.3, 0.4) is 0 Å². The third-order valence-corrected chi connectivity index (χ3v) is 3.42. The van der Waals surface area contributed by atoms with E-state index >= 15 is 0 Å². The van der Waals surface area contributed by atoms with Crippen LogP contribution in [0.25, 0.3) is 11.0 Å². The van der Waals surface area contributed by atoms with Gasteiger partial charge >= 0.3 is 0 Å². The number of fused-ring (bicyclic) bond motifs is 1. The summed E-state index contributed by atoms with van der Waals surface area (Å²) in [6, 6.07) is 0. The molecule has 1 fully saturated rings. The molecular weight excluding hydrogens is 246 g/mol. The van der Waals surface area contributed by atoms with Gasteiger partial charge in [0.1, 0.15) is 12.1 Å². The fourth-order valence-corrected chi connectivity index (χ4v) is 2.54. The molecule has 102 valence electrons. The zero-order valence-corrected chi connectivity index (χ0v) is 10.6. The predicted octanol–water partition coefficient (Wildman–Crippen LogP) is -0.220. The van der Waals surface area contributed by atoms with Gasteiger partial charge < -0.3 is 15.1 Å². The number of nitrogens with zero attached hydrogens (tertiary/aromatic N) is 5. The van der Waals surface area contributed by atoms with Gasteiger partial charge in [-0.15, -0.1) is 0 Å². The summed E-state index contributed by atoms with van der Waals surface area (Å²) < 4.78 is 1.67. The lowest BCUT2D eigenvalue weighted by atomic mass is 10.1. The van der Waals surface area contributed by atoms with Gasteiger partial charge in [-0.1, -0.05) is 0 Å². The van der Waals surface area contributed by atoms with Crippen molar-refractivity contribution in [2.75, 3.05) is 24.6 Å². The number of aliphatic hydroxyl groups excluding tert-OH is 2. The Morgan fingerprint density at radius 2 is 2.26 bits per heavy atom. The molecular formula is C12H17N5O2. The van der Waals surface area contributed by atoms with Crippen molar-refractivity contribution < 1.29 is 10.2 Å². The van der Waals surface area contributed by atoms with Crippen molar-refractivity contribution >= 4 is 16.9 Å². The zero-order chi connectivity index (χ0) is 13.2. The summed E-state index contributed by atoms with van der Waals surface area (Å²) in [4.78, 5) is 10.6. The van der Waals surface area contributed by atoms with Crippen molar-refractivity contribution in [3.05, 3.63) is 12.5 Å². The fourth-order valence-electron chi connectivity index (χ4n) is 2.54. The van der Waals surface area contributed by atoms with Crippen molar-refractivity contribution in [2.24, 2.45) is 0 Å². The lowest BCUT2D eigenvalue weighted by molar-refractivity contribution is 0.154. The Morgan fingerprint density at radius 3 is 3.05 bits per heavy atom. The van der Waals surface area contributed by atoms with Crippen molar-refractivity contribution in [1.29, 1.82) is 0 Å². The first-order valence-electron chi connectivity index (χ1n) is 6.50. The van der Waals surface area contributed by atoms with Crippen molar-refractivity contribution in [3.63, 3.8) is 0 Å². The van der Waals surface area contributed by atoms with Gasteiger partial charge in [0.2, 0.25) is 0 Å². The average molecular weight is 263 g/mol. The minimum atomic E-state index is -0.300. The third-order valence-electron chi connectivity index (χ3n) is 3.42. The summed E-state index contributed by atoms with van der Waals surface area (Å²) in [5.74, 6) is 0.813. The number of anilines is 1. The van der Waals surface area contributed by atoms with Gasteiger partial charge in [-0.05, 0) is 12.8 Å². The smallest absolute Gasteiger partial charge is 0.163 e. The number of piperidine rings is 1. The second kappa shape index (κ2) is 5.10. The van der Waals surface area contributed by atoms with Crippen molar-refractivity contribution in [3.8, 4) is 0 Å². The molecule has 1 aliphatic heterocycles. The van der Waals surface area contributed by atoms with E-state index in [1.165, 1.54) is 6.33 Å². The molecule has 1 atom stereocenters. The van der Waals surface area contributed by atoms with Gasteiger partial charge in [0.15, 0.2) is 5.65 Å². The van der Waals surface area contributed by atoms with E-state index in [-0.39, 0.29) is 12.7 Å². The molecule has 0 spiro atoms. The molecule has 1 aliphatic rings. The first kappa shape index (κ1) is 12.3. The maximum Gasteiger partial charge on any atom is 0.163 e. The molecule has 0 radical (unpaired) electrons. The monoisotopic (exact) mass is 263 g/mol. The zero-order valence-electron chi connectivity index (χ0n) is 10.6. The van der Waals surface area contributed by atoms with E-state index in [0.29, 0.717) is 13.1 Å². The first-order chi connectivity index (χ1) is 9.29. The van der Waals surface area contributed by atoms with Gasteiger partial charge in [0.25, 0.3) is 0 Å². The lowest BCUT2D eigenvalue weighted by Crippen LogP contribution is -2.38. The normalized spacial score (nSPS) is 20.1. The highest BCUT2D eigenvalue weighted by molar-refractivity contribution is 5.86. The van der Waals surface area contributed by atoms with E-state index in [1.54, 1.807) is 10.9 Å². The van der Waals surface area contributed by atoms with Crippen LogP contribution in [-0.2, 0) is 6.54 Å². The summed E-state index contributed by atoms with van der Waals surface area (Å²) >= 11 is 0. The van der Waals surface area contributed by atoms with Gasteiger partial charge in [0, 0.05) is 13.1 Å². The van der Waals surface area contributed by atoms with Gasteiger partial charge in [0.05, 0.1) is 30.8 Å². The molecule has 0 amide bonds. The van der Waals surface area contributed by atoms with Crippen LogP contribution in [0.5, 0.6) is 0 Å². The highest BCUT2D eigenvalue weighted by Gasteiger charge is 2.21. The van der Waals surface area contributed by atoms with Crippen molar-refractivity contribution in [1.82, 2.24) is 19.7 Å². The van der Waals surface area contributed by atoms with Crippen LogP contribution in [0.15, 0.2) is 12.5 Å². The SMILES string of the molecule is OCCn1ncc2c(N3CCC[C@H](O)C3)ncnc21. The molecule has 3 rings (SSSR count). The van der Waals surface area contributed by atoms with E-state index in [0.717, 1.165) is 36.2 Å². The fraction of sp³-hybridized carbons (Fsp3) is 0.583. The molecule has 7 nitrogen and oxygen atoms in total. The van der Waals surface area contributed by atoms with Gasteiger partial charge in [-0.2, -0.15) is 5.10 Å². The largest absolute Gasteiger partial charge is 0.394 e. The van der Waals surface area contributed by atoms with E-state index in [9.17, 15) is 5.11 Å². The van der Waals surface area contributed by atoms with Crippen LogP contribution in [0.1, 0.15) is 12.8 Å². The molecule has 19 heavy (non-hydrogen) atoms. The Labute approximate surface area is 110 Å². The number of aromatic nitrogens is 4. The summed E-state index contributed by atoms with van der Waals surface area (Å²) in [5.41, 5.74) is 0.721. The van der Waals surface area contributed by atoms with E-state index in [1.807, 2.05) is 0 Å². The summed E-state index contributed by atoms with van der Waals surface area (Å²) in [6.45, 7) is 1.92. The van der Waals surface area contributed by atoms with Gasteiger partial charge in [-0.25, -0.2) is 14.6 Å². The number of β-amino-alcohol motifs (C(OH)–C–C–N with tert-alkyl or cyclic N) is 1. The molecule has 0 bridgehead atoms. The number of hydrogen-bond acceptors (Lipinski definition) is 6. The summed E-state index contributed by atoms with van der Waals surface area (Å²) in [6.07, 6.45) is 4.73. The predicted molar refractivity (Wildman–Crippen MR) is 69.9 cm³/mol. The summed E-state index contributed by atoms with van der Waals surface area (Å²) in [5, 5.41) is 23.9. The lowest BCUT2D eigenvalue weighted by Gasteiger charge is -2.31. The minimum absolute atomic E-state index is 0.0263. The third kappa shape index (κ3) is 2.26. The number of aliphatic hydroxyl groups is 2. The first-order valence-corrected chi connectivity index (χ1v) is 6.50. The van der Waals surface area contributed by atoms with Crippen LogP contribution in [-0.4, -0.2) is 55.8 Å². The van der Waals surface area contributed by atoms with E-state index < -0.39 is 0 Å². The van der Waals surface area contributed by atoms with E-state index in [4.69, 9.17) is 5.11 Å². The molecule has 0 aromatic carbocycles. The van der Waals surface area contributed by atoms with Crippen LogP contribution >= 0.6 is 0 Å². The maximum absolute atomic E-state index is 9.76. The van der Waals surface area contributed by atoms with E-state index in [2.05, 4.69) is 20.0 Å². The quantitative estimate of drug-likeness (QED) is 0.796. The molecule has 2 aromatic heterocycles. The van der Waals surface area contributed by atoms with Crippen molar-refractivity contribution in [2.45, 2.75) is 25.5 Å². The Balaban J connectivity index is 1.99. The molecule has 7 heteroatoms. The second-order valence-corrected chi connectivity index (χ2v) is 4.77. The van der Waals surface area contributed by atoms with Crippen LogP contribution in [0.4, 0.5) is 5.82 Å². The van der Waals surface area contributed by atoms with Gasteiger partial charge in [-0.3, -0.25) is 0 Å². The van der Waals surface area contributed by atoms with Crippen LogP contribution in [0, 0.1) is 0 Å². The number of rotatable bonds is 3. The maximum atomic E-state index is 9.76. The number of hydrogen-bond donors (Lipinski definition) is 2. The Kier molecular flexibility index (Phi) is 3.31. The second-order valence-electron chi connectivity index (χ2n) is 4.77. The molecule has 2 N–H and O–H groups in total. The molecule has 0 unspecified atom stereocenters. The molecule has 1 saturated heterocycles. The minimum Gasteiger partial charge on any atom is -0.394 e. The Hall–Kier alpha value is -1.73. The highest BCUT2D eigenvalue weighted by atomic mass is 16.3. The molecule has 3 heterocycles. The Morgan fingerprint density at radius 1 is 1.37 bits per heavy atom. The summed E-state index contributed by atoms with van der Waals surface area (Å²) in [7, 11) is 0. The molecule has 2 aromatic rings. The standard InChI is InChI=1S/C12H17N5O2/c18-5-4-17-12-10(6-15-17)11(13-8-14-12)16-3-1-2-9(19)7-16/h6,8-9,18-19H,1-5,7H2/t9-/m0/s1. The molecule has 0 saturated carbocycles. The topological polar surface area (TPSA) is 87.3 Å². The average Bonchev–Trinajstić information content (AvgIpc) is 2.83. The Bertz CT molecular complexity index is 570. The highest BCUT2D eigenvalue weighted by Crippen LogP contribution is 2.25.